The number of fused-ring (bicyclic) bond motifs is 2. The Morgan fingerprint density at radius 3 is 1.73 bits per heavy atom. The summed E-state index contributed by atoms with van der Waals surface area (Å²) >= 11 is 0. The fourth-order valence-corrected chi connectivity index (χ4v) is 9.99. The predicted molar refractivity (Wildman–Crippen MR) is 327 cm³/mol. The molecule has 0 unspecified atom stereocenters. The molecular formula is C66H73N10O4+. The number of unbranched alkanes of at least 4 members (excludes halogenated alkanes) is 6. The SMILES string of the molecule is COc1cc(N=C2C=C(C)C(NCCCCCCNC(=O)c3ccc(-c4ccc(C(=O)NCCCCCCNc5cc6c(cc5C)nc5cc(OC)c(N)cc5[n+]6-c5ccccc5)cc4)cc3)=CC2)c(Nc2ccccc2)cc1N. The van der Waals surface area contributed by atoms with Gasteiger partial charge in [0, 0.05) is 103 Å². The number of benzene rings is 7. The summed E-state index contributed by atoms with van der Waals surface area (Å²) in [6.45, 7) is 7.15. The van der Waals surface area contributed by atoms with Crippen LogP contribution in [0.3, 0.4) is 0 Å². The normalized spacial score (nSPS) is 12.7. The summed E-state index contributed by atoms with van der Waals surface area (Å²) in [5.74, 6) is 1.03. The molecule has 0 bridgehead atoms. The first-order valence-electron chi connectivity index (χ1n) is 27.7. The van der Waals surface area contributed by atoms with Crippen LogP contribution in [0, 0.1) is 6.92 Å². The van der Waals surface area contributed by atoms with Crippen molar-refractivity contribution in [3.05, 3.63) is 186 Å². The summed E-state index contributed by atoms with van der Waals surface area (Å²) in [6, 6.07) is 47.3. The van der Waals surface area contributed by atoms with Crippen LogP contribution in [0.25, 0.3) is 38.9 Å². The molecule has 0 saturated heterocycles. The summed E-state index contributed by atoms with van der Waals surface area (Å²) in [5.41, 5.74) is 29.5. The fourth-order valence-electron chi connectivity index (χ4n) is 9.99. The second-order valence-electron chi connectivity index (χ2n) is 20.2. The molecule has 14 heteroatoms. The highest BCUT2D eigenvalue weighted by Crippen LogP contribution is 2.38. The molecule has 0 fully saturated rings. The number of nitrogens with one attached hydrogen (secondary N) is 5. The summed E-state index contributed by atoms with van der Waals surface area (Å²) in [5, 5.41) is 16.9. The summed E-state index contributed by atoms with van der Waals surface area (Å²) in [6.07, 6.45) is 13.0. The van der Waals surface area contributed by atoms with Crippen molar-refractivity contribution in [2.45, 2.75) is 71.6 Å². The number of anilines is 5. The number of aryl methyl sites for hydroxylation is 1. The van der Waals surface area contributed by atoms with Crippen molar-refractivity contribution in [1.82, 2.24) is 20.9 Å². The van der Waals surface area contributed by atoms with Crippen LogP contribution in [-0.4, -0.2) is 62.9 Å². The van der Waals surface area contributed by atoms with Crippen LogP contribution in [0.2, 0.25) is 0 Å². The van der Waals surface area contributed by atoms with Crippen LogP contribution in [0.5, 0.6) is 11.5 Å². The van der Waals surface area contributed by atoms with E-state index in [-0.39, 0.29) is 11.8 Å². The highest BCUT2D eigenvalue weighted by Gasteiger charge is 2.23. The Balaban J connectivity index is 0.643. The number of carbonyl (C=O) groups is 2. The second-order valence-corrected chi connectivity index (χ2v) is 20.2. The summed E-state index contributed by atoms with van der Waals surface area (Å²) in [7, 11) is 3.23. The third-order valence-electron chi connectivity index (χ3n) is 14.4. The first-order valence-corrected chi connectivity index (χ1v) is 27.7. The van der Waals surface area contributed by atoms with Gasteiger partial charge in [0.25, 0.3) is 11.8 Å². The molecule has 0 saturated carbocycles. The van der Waals surface area contributed by atoms with E-state index in [2.05, 4.69) is 81.4 Å². The van der Waals surface area contributed by atoms with Crippen LogP contribution >= 0.6 is 0 Å². The largest absolute Gasteiger partial charge is 0.495 e. The van der Waals surface area contributed by atoms with E-state index in [0.717, 1.165) is 149 Å². The van der Waals surface area contributed by atoms with Crippen molar-refractivity contribution in [2.24, 2.45) is 4.99 Å². The lowest BCUT2D eigenvalue weighted by atomic mass is 10.0. The van der Waals surface area contributed by atoms with E-state index in [0.29, 0.717) is 53.5 Å². The summed E-state index contributed by atoms with van der Waals surface area (Å²) < 4.78 is 13.2. The molecule has 2 amide bonds. The molecule has 8 aromatic rings. The molecule has 9 N–H and O–H groups in total. The number of nitrogen functional groups attached to an aromatic ring is 2. The van der Waals surface area contributed by atoms with Crippen LogP contribution in [-0.2, 0) is 0 Å². The maximum Gasteiger partial charge on any atom is 0.251 e. The van der Waals surface area contributed by atoms with Gasteiger partial charge in [-0.05, 0) is 116 Å². The molecule has 0 atom stereocenters. The van der Waals surface area contributed by atoms with Gasteiger partial charge in [-0.3, -0.25) is 14.6 Å². The molecule has 14 nitrogen and oxygen atoms in total. The zero-order chi connectivity index (χ0) is 55.8. The number of ether oxygens (including phenoxy) is 2. The smallest absolute Gasteiger partial charge is 0.251 e. The van der Waals surface area contributed by atoms with Gasteiger partial charge in [-0.2, -0.15) is 0 Å². The minimum Gasteiger partial charge on any atom is -0.495 e. The number of methoxy groups -OCH3 is 2. The maximum absolute atomic E-state index is 13.0. The van der Waals surface area contributed by atoms with Gasteiger partial charge < -0.3 is 47.5 Å². The van der Waals surface area contributed by atoms with E-state index in [9.17, 15) is 9.59 Å². The molecule has 80 heavy (non-hydrogen) atoms. The number of hydrogen-bond donors (Lipinski definition) is 7. The Bertz CT molecular complexity index is 3540. The van der Waals surface area contributed by atoms with E-state index >= 15 is 0 Å². The van der Waals surface area contributed by atoms with Crippen molar-refractivity contribution < 1.29 is 23.6 Å². The van der Waals surface area contributed by atoms with Crippen molar-refractivity contribution in [3.8, 4) is 28.3 Å². The topological polar surface area (TPSA) is 194 Å². The predicted octanol–water partition coefficient (Wildman–Crippen LogP) is 12.9. The number of nitrogens with zero attached hydrogens (tertiary/aromatic N) is 3. The van der Waals surface area contributed by atoms with Crippen molar-refractivity contribution in [2.75, 3.05) is 62.5 Å². The molecule has 1 aromatic heterocycles. The van der Waals surface area contributed by atoms with Gasteiger partial charge in [0.05, 0.1) is 37.0 Å². The molecule has 1 aliphatic carbocycles. The molecule has 0 aliphatic heterocycles. The van der Waals surface area contributed by atoms with E-state index in [4.69, 9.17) is 30.9 Å². The Labute approximate surface area is 469 Å². The standard InChI is InChI=1S/C66H72N10O4/c1-44-37-51(74-58-42-63(79-3)53(67)39-57(58)73-50-19-11-9-12-20-50)31-32-55(44)69-33-15-5-7-17-35-71-65(77)48-27-23-46(24-28-48)47-25-29-49(30-26-47)66(78)72-36-18-8-6-16-34-70-56-41-62-59(38-45(56)2)75-60-43-64(80-4)54(68)40-61(60)76(62)52-21-13-10-14-22-52/h9-14,19-30,32,37-43,69,73H,5-8,15-18,31,33-36,67H2,1-4H3,(H4,68,70,71,72,77,78)/p+1. The third kappa shape index (κ3) is 14.1. The number of aromatic nitrogens is 2. The van der Waals surface area contributed by atoms with E-state index in [1.54, 1.807) is 14.2 Å². The minimum absolute atomic E-state index is 0.0788. The molecule has 7 aromatic carbocycles. The molecule has 0 spiro atoms. The molecule has 0 radical (unpaired) electrons. The average Bonchev–Trinajstić information content (AvgIpc) is 3.48. The number of aliphatic imine (C=N–C) groups is 1. The number of amides is 2. The van der Waals surface area contributed by atoms with E-state index in [1.165, 1.54) is 0 Å². The Kier molecular flexibility index (Phi) is 18.7. The van der Waals surface area contributed by atoms with Gasteiger partial charge in [-0.25, -0.2) is 4.98 Å². The lowest BCUT2D eigenvalue weighted by molar-refractivity contribution is -0.538. The number of rotatable bonds is 25. The van der Waals surface area contributed by atoms with Gasteiger partial charge in [0.15, 0.2) is 0 Å². The van der Waals surface area contributed by atoms with Crippen molar-refractivity contribution in [1.29, 1.82) is 0 Å². The Morgan fingerprint density at radius 2 is 1.12 bits per heavy atom. The number of para-hydroxylation sites is 2. The average molecular weight is 1070 g/mol. The lowest BCUT2D eigenvalue weighted by Gasteiger charge is -2.18. The highest BCUT2D eigenvalue weighted by atomic mass is 16.5. The summed E-state index contributed by atoms with van der Waals surface area (Å²) in [4.78, 5) is 36.0. The molecule has 1 aliphatic rings. The highest BCUT2D eigenvalue weighted by molar-refractivity contribution is 6.01. The minimum atomic E-state index is -0.0824. The van der Waals surface area contributed by atoms with Crippen LogP contribution < -0.4 is 52.1 Å². The maximum atomic E-state index is 13.0. The van der Waals surface area contributed by atoms with Gasteiger partial charge in [0.2, 0.25) is 16.7 Å². The zero-order valence-corrected chi connectivity index (χ0v) is 46.3. The van der Waals surface area contributed by atoms with Crippen LogP contribution in [0.4, 0.5) is 34.1 Å². The van der Waals surface area contributed by atoms with Gasteiger partial charge in [-0.15, -0.1) is 4.57 Å². The monoisotopic (exact) mass is 1070 g/mol. The molecule has 1 heterocycles. The quantitative estimate of drug-likeness (QED) is 0.0125. The molecular weight excluding hydrogens is 997 g/mol. The van der Waals surface area contributed by atoms with E-state index in [1.807, 2.05) is 121 Å². The first-order chi connectivity index (χ1) is 39.0. The molecule has 410 valence electrons. The zero-order valence-electron chi connectivity index (χ0n) is 46.3. The van der Waals surface area contributed by atoms with Crippen molar-refractivity contribution >= 4 is 73.7 Å². The van der Waals surface area contributed by atoms with Gasteiger partial charge in [-0.1, -0.05) is 92.4 Å². The van der Waals surface area contributed by atoms with Crippen LogP contribution in [0.15, 0.2) is 174 Å². The Morgan fingerprint density at radius 1 is 0.588 bits per heavy atom. The second kappa shape index (κ2) is 26.9. The van der Waals surface area contributed by atoms with Gasteiger partial charge in [0.1, 0.15) is 22.5 Å². The van der Waals surface area contributed by atoms with Gasteiger partial charge >= 0.3 is 0 Å². The van der Waals surface area contributed by atoms with Crippen LogP contribution in [0.1, 0.15) is 91.0 Å². The molecule has 9 rings (SSSR count). The fraction of sp³-hybridized carbons (Fsp3) is 0.258. The number of nitrogens with two attached hydrogens (primary N) is 2. The first kappa shape index (κ1) is 55.6. The number of allylic oxidation sites excluding steroid dienone is 3. The van der Waals surface area contributed by atoms with Crippen molar-refractivity contribution in [3.63, 3.8) is 0 Å². The van der Waals surface area contributed by atoms with E-state index < -0.39 is 0 Å². The number of carbonyl (C=O) groups excluding carboxylic acids is 2. The third-order valence-corrected chi connectivity index (χ3v) is 14.4. The number of hydrogen-bond acceptors (Lipinski definition) is 11. The Hall–Kier alpha value is -9.17. The lowest BCUT2D eigenvalue weighted by Crippen LogP contribution is -2.33.